The van der Waals surface area contributed by atoms with E-state index >= 15 is 0 Å². The van der Waals surface area contributed by atoms with E-state index in [0.717, 1.165) is 23.5 Å². The first-order valence-electron chi connectivity index (χ1n) is 6.40. The van der Waals surface area contributed by atoms with E-state index in [9.17, 15) is 4.79 Å². The Bertz CT molecular complexity index is 648. The lowest BCUT2D eigenvalue weighted by atomic mass is 10.2. The standard InChI is InChI=1S/C14H16ClN3O2S/c1-20-7-6-16-9-10-2-3-12(11(15)8-10)21-14-17-5-4-13(19)18-14/h2-5,8,16H,6-7,9H2,1H3,(H,17,18,19). The van der Waals surface area contributed by atoms with Gasteiger partial charge in [-0.1, -0.05) is 29.4 Å². The fourth-order valence-electron chi connectivity index (χ4n) is 1.65. The lowest BCUT2D eigenvalue weighted by Crippen LogP contribution is -2.18. The van der Waals surface area contributed by atoms with Crippen molar-refractivity contribution in [1.82, 2.24) is 15.3 Å². The number of nitrogens with one attached hydrogen (secondary N) is 2. The van der Waals surface area contributed by atoms with Crippen molar-refractivity contribution in [2.75, 3.05) is 20.3 Å². The third-order valence-corrected chi connectivity index (χ3v) is 4.06. The molecule has 5 nitrogen and oxygen atoms in total. The quantitative estimate of drug-likeness (QED) is 0.604. The van der Waals surface area contributed by atoms with Gasteiger partial charge in [0, 0.05) is 37.4 Å². The minimum atomic E-state index is -0.178. The first-order valence-corrected chi connectivity index (χ1v) is 7.60. The number of hydrogen-bond donors (Lipinski definition) is 2. The highest BCUT2D eigenvalue weighted by Crippen LogP contribution is 2.31. The average Bonchev–Trinajstić information content (AvgIpc) is 2.46. The largest absolute Gasteiger partial charge is 0.383 e. The number of aromatic nitrogens is 2. The summed E-state index contributed by atoms with van der Waals surface area (Å²) in [4.78, 5) is 18.8. The van der Waals surface area contributed by atoms with Crippen molar-refractivity contribution in [2.24, 2.45) is 0 Å². The van der Waals surface area contributed by atoms with E-state index in [0.29, 0.717) is 16.8 Å². The first-order chi connectivity index (χ1) is 10.2. The van der Waals surface area contributed by atoms with Gasteiger partial charge < -0.3 is 15.0 Å². The molecule has 1 aromatic carbocycles. The second-order valence-corrected chi connectivity index (χ2v) is 5.71. The lowest BCUT2D eigenvalue weighted by molar-refractivity contribution is 0.199. The van der Waals surface area contributed by atoms with Crippen LogP contribution in [-0.2, 0) is 11.3 Å². The summed E-state index contributed by atoms with van der Waals surface area (Å²) in [6, 6.07) is 7.20. The van der Waals surface area contributed by atoms with Gasteiger partial charge in [0.2, 0.25) is 0 Å². The topological polar surface area (TPSA) is 67.0 Å². The minimum Gasteiger partial charge on any atom is -0.383 e. The summed E-state index contributed by atoms with van der Waals surface area (Å²) in [6.45, 7) is 2.20. The van der Waals surface area contributed by atoms with Gasteiger partial charge in [0.05, 0.1) is 11.6 Å². The molecule has 0 radical (unpaired) electrons. The number of methoxy groups -OCH3 is 1. The van der Waals surface area contributed by atoms with Gasteiger partial charge in [-0.25, -0.2) is 4.98 Å². The van der Waals surface area contributed by atoms with E-state index in [2.05, 4.69) is 15.3 Å². The third-order valence-electron chi connectivity index (χ3n) is 2.66. The monoisotopic (exact) mass is 325 g/mol. The summed E-state index contributed by atoms with van der Waals surface area (Å²) in [6.07, 6.45) is 1.48. The van der Waals surface area contributed by atoms with Crippen molar-refractivity contribution in [3.8, 4) is 0 Å². The molecule has 0 aliphatic carbocycles. The fourth-order valence-corrected chi connectivity index (χ4v) is 2.74. The molecule has 2 rings (SSSR count). The van der Waals surface area contributed by atoms with Gasteiger partial charge in [-0.05, 0) is 17.7 Å². The Morgan fingerprint density at radius 3 is 3.00 bits per heavy atom. The molecule has 1 aromatic heterocycles. The zero-order valence-electron chi connectivity index (χ0n) is 11.6. The summed E-state index contributed by atoms with van der Waals surface area (Å²) in [5.74, 6) is 0. The van der Waals surface area contributed by atoms with E-state index in [4.69, 9.17) is 16.3 Å². The molecule has 2 aromatic rings. The van der Waals surface area contributed by atoms with Crippen molar-refractivity contribution >= 4 is 23.4 Å². The molecule has 112 valence electrons. The number of halogens is 1. The van der Waals surface area contributed by atoms with Crippen molar-refractivity contribution < 1.29 is 4.74 Å². The van der Waals surface area contributed by atoms with Crippen LogP contribution in [0.5, 0.6) is 0 Å². The van der Waals surface area contributed by atoms with Crippen LogP contribution < -0.4 is 10.9 Å². The highest BCUT2D eigenvalue weighted by molar-refractivity contribution is 7.99. The Balaban J connectivity index is 2.00. The van der Waals surface area contributed by atoms with E-state index in [-0.39, 0.29) is 5.56 Å². The van der Waals surface area contributed by atoms with Crippen molar-refractivity contribution in [2.45, 2.75) is 16.6 Å². The summed E-state index contributed by atoms with van der Waals surface area (Å²) >= 11 is 7.60. The van der Waals surface area contributed by atoms with Crippen LogP contribution >= 0.6 is 23.4 Å². The SMILES string of the molecule is COCCNCc1ccc(Sc2nccc(=O)[nH]2)c(Cl)c1. The summed E-state index contributed by atoms with van der Waals surface area (Å²) in [5.41, 5.74) is 0.914. The molecule has 0 unspecified atom stereocenters. The third kappa shape index (κ3) is 5.17. The molecular weight excluding hydrogens is 310 g/mol. The van der Waals surface area contributed by atoms with Crippen LogP contribution in [0, 0.1) is 0 Å². The van der Waals surface area contributed by atoms with Gasteiger partial charge in [0.1, 0.15) is 0 Å². The molecule has 0 bridgehead atoms. The molecule has 0 atom stereocenters. The van der Waals surface area contributed by atoms with Crippen molar-refractivity contribution in [3.63, 3.8) is 0 Å². The predicted molar refractivity (Wildman–Crippen MR) is 84.0 cm³/mol. The normalized spacial score (nSPS) is 10.8. The maximum atomic E-state index is 11.2. The van der Waals surface area contributed by atoms with Crippen LogP contribution in [0.3, 0.4) is 0 Å². The number of ether oxygens (including phenoxy) is 1. The average molecular weight is 326 g/mol. The molecule has 1 heterocycles. The molecule has 0 saturated heterocycles. The molecule has 2 N–H and O–H groups in total. The van der Waals surface area contributed by atoms with Gasteiger partial charge in [-0.15, -0.1) is 0 Å². The molecule has 0 aliphatic heterocycles. The van der Waals surface area contributed by atoms with Gasteiger partial charge in [-0.2, -0.15) is 0 Å². The number of rotatable bonds is 7. The Morgan fingerprint density at radius 2 is 2.29 bits per heavy atom. The van der Waals surface area contributed by atoms with Crippen LogP contribution in [0.25, 0.3) is 0 Å². The predicted octanol–water partition coefficient (Wildman–Crippen LogP) is 2.31. The fraction of sp³-hybridized carbons (Fsp3) is 0.286. The van der Waals surface area contributed by atoms with E-state index in [1.807, 2.05) is 18.2 Å². The second-order valence-electron chi connectivity index (χ2n) is 4.28. The van der Waals surface area contributed by atoms with Crippen molar-refractivity contribution in [1.29, 1.82) is 0 Å². The molecule has 7 heteroatoms. The van der Waals surface area contributed by atoms with Gasteiger partial charge in [0.15, 0.2) is 5.16 Å². The van der Waals surface area contributed by atoms with Gasteiger partial charge >= 0.3 is 0 Å². The zero-order chi connectivity index (χ0) is 15.1. The number of aromatic amines is 1. The first kappa shape index (κ1) is 16.0. The lowest BCUT2D eigenvalue weighted by Gasteiger charge is -2.07. The van der Waals surface area contributed by atoms with Crippen LogP contribution in [0.1, 0.15) is 5.56 Å². The van der Waals surface area contributed by atoms with Gasteiger partial charge in [-0.3, -0.25) is 4.79 Å². The maximum Gasteiger partial charge on any atom is 0.251 e. The summed E-state index contributed by atoms with van der Waals surface area (Å²) < 4.78 is 4.97. The summed E-state index contributed by atoms with van der Waals surface area (Å²) in [5, 5.41) is 4.42. The molecule has 0 fully saturated rings. The summed E-state index contributed by atoms with van der Waals surface area (Å²) in [7, 11) is 1.67. The molecule has 0 aliphatic rings. The highest BCUT2D eigenvalue weighted by Gasteiger charge is 2.06. The molecular formula is C14H16ClN3O2S. The molecule has 0 saturated carbocycles. The maximum absolute atomic E-state index is 11.2. The van der Waals surface area contributed by atoms with Crippen LogP contribution in [-0.4, -0.2) is 30.2 Å². The smallest absolute Gasteiger partial charge is 0.251 e. The van der Waals surface area contributed by atoms with Crippen LogP contribution in [0.2, 0.25) is 5.02 Å². The van der Waals surface area contributed by atoms with E-state index in [1.165, 1.54) is 24.0 Å². The highest BCUT2D eigenvalue weighted by atomic mass is 35.5. The number of hydrogen-bond acceptors (Lipinski definition) is 5. The van der Waals surface area contributed by atoms with Crippen LogP contribution in [0.15, 0.2) is 45.3 Å². The number of benzene rings is 1. The van der Waals surface area contributed by atoms with Crippen LogP contribution in [0.4, 0.5) is 0 Å². The van der Waals surface area contributed by atoms with E-state index in [1.54, 1.807) is 7.11 Å². The molecule has 0 amide bonds. The molecule has 21 heavy (non-hydrogen) atoms. The number of nitrogens with zero attached hydrogens (tertiary/aromatic N) is 1. The minimum absolute atomic E-state index is 0.178. The Labute approximate surface area is 132 Å². The number of H-pyrrole nitrogens is 1. The zero-order valence-corrected chi connectivity index (χ0v) is 13.1. The van der Waals surface area contributed by atoms with Gasteiger partial charge in [0.25, 0.3) is 5.56 Å². The second kappa shape index (κ2) is 8.19. The van der Waals surface area contributed by atoms with Crippen molar-refractivity contribution in [3.05, 3.63) is 51.4 Å². The Kier molecular flexibility index (Phi) is 6.25. The Hall–Kier alpha value is -1.34. The molecule has 0 spiro atoms. The Morgan fingerprint density at radius 1 is 1.43 bits per heavy atom. The van der Waals surface area contributed by atoms with E-state index < -0.39 is 0 Å².